The predicted octanol–water partition coefficient (Wildman–Crippen LogP) is 3.94. The summed E-state index contributed by atoms with van der Waals surface area (Å²) in [6.45, 7) is 2.71. The molecule has 1 N–H and O–H groups in total. The molecule has 0 saturated heterocycles. The highest BCUT2D eigenvalue weighted by molar-refractivity contribution is 6.04. The number of anilines is 1. The highest BCUT2D eigenvalue weighted by Crippen LogP contribution is 2.22. The largest absolute Gasteiger partial charge is 0.459 e. The number of furan rings is 1. The van der Waals surface area contributed by atoms with Gasteiger partial charge in [-0.2, -0.15) is 0 Å². The summed E-state index contributed by atoms with van der Waals surface area (Å²) in [4.78, 5) is 26.2. The van der Waals surface area contributed by atoms with Crippen molar-refractivity contribution in [3.05, 3.63) is 89.6 Å². The molecule has 0 aliphatic rings. The van der Waals surface area contributed by atoms with E-state index in [1.165, 1.54) is 18.4 Å². The normalized spacial score (nSPS) is 10.5. The van der Waals surface area contributed by atoms with Crippen LogP contribution in [0.25, 0.3) is 0 Å². The Morgan fingerprint density at radius 2 is 1.68 bits per heavy atom. The topological polar surface area (TPSA) is 62.6 Å². The van der Waals surface area contributed by atoms with Crippen molar-refractivity contribution in [2.75, 3.05) is 11.4 Å². The molecule has 6 heteroatoms. The fourth-order valence-corrected chi connectivity index (χ4v) is 2.82. The van der Waals surface area contributed by atoms with E-state index in [-0.39, 0.29) is 36.4 Å². The van der Waals surface area contributed by atoms with E-state index in [4.69, 9.17) is 4.42 Å². The maximum atomic E-state index is 13.2. The van der Waals surface area contributed by atoms with Crippen LogP contribution in [0.4, 0.5) is 10.1 Å². The van der Waals surface area contributed by atoms with Gasteiger partial charge in [-0.1, -0.05) is 24.3 Å². The van der Waals surface area contributed by atoms with Gasteiger partial charge in [0.05, 0.1) is 19.2 Å². The molecule has 3 aromatic rings. The van der Waals surface area contributed by atoms with Gasteiger partial charge in [0.1, 0.15) is 5.82 Å². The lowest BCUT2D eigenvalue weighted by Crippen LogP contribution is -2.30. The van der Waals surface area contributed by atoms with Gasteiger partial charge in [-0.3, -0.25) is 9.59 Å². The fourth-order valence-electron chi connectivity index (χ4n) is 2.82. The van der Waals surface area contributed by atoms with E-state index in [9.17, 15) is 14.0 Å². The number of amides is 2. The van der Waals surface area contributed by atoms with Crippen LogP contribution >= 0.6 is 0 Å². The molecule has 2 amide bonds. The minimum atomic E-state index is -0.331. The van der Waals surface area contributed by atoms with Gasteiger partial charge in [0.2, 0.25) is 5.91 Å². The molecule has 0 radical (unpaired) electrons. The zero-order valence-electron chi connectivity index (χ0n) is 15.5. The van der Waals surface area contributed by atoms with Gasteiger partial charge in [-0.15, -0.1) is 0 Å². The minimum absolute atomic E-state index is 0.0509. The predicted molar refractivity (Wildman–Crippen MR) is 104 cm³/mol. The lowest BCUT2D eigenvalue weighted by Gasteiger charge is -2.22. The van der Waals surface area contributed by atoms with Crippen molar-refractivity contribution in [1.82, 2.24) is 5.32 Å². The van der Waals surface area contributed by atoms with Crippen LogP contribution in [0, 0.1) is 5.82 Å². The van der Waals surface area contributed by atoms with Crippen molar-refractivity contribution in [1.29, 1.82) is 0 Å². The van der Waals surface area contributed by atoms with Crippen molar-refractivity contribution in [2.24, 2.45) is 0 Å². The molecule has 0 bridgehead atoms. The molecule has 0 unspecified atom stereocenters. The smallest absolute Gasteiger partial charge is 0.294 e. The molecule has 144 valence electrons. The van der Waals surface area contributed by atoms with E-state index in [1.807, 2.05) is 19.1 Å². The molecule has 1 heterocycles. The molecule has 0 aliphatic heterocycles. The molecule has 28 heavy (non-hydrogen) atoms. The van der Waals surface area contributed by atoms with E-state index in [2.05, 4.69) is 5.32 Å². The maximum absolute atomic E-state index is 13.2. The van der Waals surface area contributed by atoms with Gasteiger partial charge in [-0.25, -0.2) is 4.39 Å². The van der Waals surface area contributed by atoms with E-state index < -0.39 is 0 Å². The van der Waals surface area contributed by atoms with Gasteiger partial charge in [0.25, 0.3) is 5.91 Å². The zero-order chi connectivity index (χ0) is 19.9. The van der Waals surface area contributed by atoms with Crippen molar-refractivity contribution in [2.45, 2.75) is 19.9 Å². The second-order valence-electron chi connectivity index (χ2n) is 6.29. The first-order valence-corrected chi connectivity index (χ1v) is 9.02. The molecule has 1 aromatic heterocycles. The SMILES string of the molecule is CCNC(=O)Cc1ccc(N(Cc2ccc(F)cc2)C(=O)c2ccco2)cc1. The van der Waals surface area contributed by atoms with Gasteiger partial charge in [0, 0.05) is 12.2 Å². The Kier molecular flexibility index (Phi) is 6.22. The monoisotopic (exact) mass is 380 g/mol. The van der Waals surface area contributed by atoms with Gasteiger partial charge in [0.15, 0.2) is 5.76 Å². The van der Waals surface area contributed by atoms with E-state index >= 15 is 0 Å². The molecule has 0 saturated carbocycles. The molecule has 0 fully saturated rings. The molecule has 3 rings (SSSR count). The van der Waals surface area contributed by atoms with E-state index in [0.29, 0.717) is 12.2 Å². The van der Waals surface area contributed by atoms with Gasteiger partial charge < -0.3 is 14.6 Å². The number of carbonyl (C=O) groups is 2. The molecular weight excluding hydrogens is 359 g/mol. The summed E-state index contributed by atoms with van der Waals surface area (Å²) in [6.07, 6.45) is 1.72. The summed E-state index contributed by atoms with van der Waals surface area (Å²) >= 11 is 0. The number of halogens is 1. The third kappa shape index (κ3) is 4.85. The van der Waals surface area contributed by atoms with Crippen LogP contribution in [0.15, 0.2) is 71.3 Å². The molecule has 0 spiro atoms. The molecule has 5 nitrogen and oxygen atoms in total. The Morgan fingerprint density at radius 1 is 1.00 bits per heavy atom. The first-order chi connectivity index (χ1) is 13.6. The second-order valence-corrected chi connectivity index (χ2v) is 6.29. The van der Waals surface area contributed by atoms with Crippen LogP contribution in [-0.4, -0.2) is 18.4 Å². The van der Waals surface area contributed by atoms with Crippen LogP contribution in [0.3, 0.4) is 0 Å². The van der Waals surface area contributed by atoms with Gasteiger partial charge in [-0.05, 0) is 54.4 Å². The first kappa shape index (κ1) is 19.4. The summed E-state index contributed by atoms with van der Waals surface area (Å²) in [5, 5.41) is 2.76. The number of carbonyl (C=O) groups excluding carboxylic acids is 2. The first-order valence-electron chi connectivity index (χ1n) is 9.02. The van der Waals surface area contributed by atoms with Gasteiger partial charge >= 0.3 is 0 Å². The molecular formula is C22H21FN2O3. The Labute approximate surface area is 162 Å². The molecule has 2 aromatic carbocycles. The number of hydrogen-bond donors (Lipinski definition) is 1. The van der Waals surface area contributed by atoms with Crippen molar-refractivity contribution >= 4 is 17.5 Å². The number of benzene rings is 2. The van der Waals surface area contributed by atoms with Crippen molar-refractivity contribution < 1.29 is 18.4 Å². The Morgan fingerprint density at radius 3 is 2.29 bits per heavy atom. The van der Waals surface area contributed by atoms with Crippen LogP contribution in [0.1, 0.15) is 28.6 Å². The third-order valence-corrected chi connectivity index (χ3v) is 4.22. The fraction of sp³-hybridized carbons (Fsp3) is 0.182. The van der Waals surface area contributed by atoms with Crippen molar-refractivity contribution in [3.63, 3.8) is 0 Å². The molecule has 0 aliphatic carbocycles. The van der Waals surface area contributed by atoms with Crippen LogP contribution in [-0.2, 0) is 17.8 Å². The highest BCUT2D eigenvalue weighted by Gasteiger charge is 2.20. The maximum Gasteiger partial charge on any atom is 0.294 e. The highest BCUT2D eigenvalue weighted by atomic mass is 19.1. The number of rotatable bonds is 7. The lowest BCUT2D eigenvalue weighted by atomic mass is 10.1. The van der Waals surface area contributed by atoms with E-state index in [1.54, 1.807) is 41.3 Å². The van der Waals surface area contributed by atoms with Crippen LogP contribution in [0.5, 0.6) is 0 Å². The third-order valence-electron chi connectivity index (χ3n) is 4.22. The lowest BCUT2D eigenvalue weighted by molar-refractivity contribution is -0.120. The number of nitrogens with one attached hydrogen (secondary N) is 1. The Balaban J connectivity index is 1.84. The van der Waals surface area contributed by atoms with Crippen LogP contribution < -0.4 is 10.2 Å². The summed E-state index contributed by atoms with van der Waals surface area (Å²) in [6, 6.07) is 16.5. The number of hydrogen-bond acceptors (Lipinski definition) is 3. The zero-order valence-corrected chi connectivity index (χ0v) is 15.5. The summed E-state index contributed by atoms with van der Waals surface area (Å²) in [5.41, 5.74) is 2.29. The standard InChI is InChI=1S/C22H21FN2O3/c1-2-24-21(26)14-16-7-11-19(12-8-16)25(22(27)20-4-3-13-28-20)15-17-5-9-18(23)10-6-17/h3-13H,2,14-15H2,1H3,(H,24,26). The van der Waals surface area contributed by atoms with E-state index in [0.717, 1.165) is 11.1 Å². The van der Waals surface area contributed by atoms with Crippen LogP contribution in [0.2, 0.25) is 0 Å². The Bertz CT molecular complexity index is 919. The second kappa shape index (κ2) is 8.99. The average Bonchev–Trinajstić information content (AvgIpc) is 3.23. The summed E-state index contributed by atoms with van der Waals surface area (Å²) in [5.74, 6) is -0.466. The minimum Gasteiger partial charge on any atom is -0.459 e. The molecule has 0 atom stereocenters. The van der Waals surface area contributed by atoms with Crippen molar-refractivity contribution in [3.8, 4) is 0 Å². The Hall–Kier alpha value is -3.41. The summed E-state index contributed by atoms with van der Waals surface area (Å²) in [7, 11) is 0. The quantitative estimate of drug-likeness (QED) is 0.675. The average molecular weight is 380 g/mol. The number of nitrogens with zero attached hydrogens (tertiary/aromatic N) is 1. The summed E-state index contributed by atoms with van der Waals surface area (Å²) < 4.78 is 18.5. The number of likely N-dealkylation sites (N-methyl/N-ethyl adjacent to an activating group) is 1.